The molecule has 0 aliphatic heterocycles. The molecule has 3 rings (SSSR count). The predicted molar refractivity (Wildman–Crippen MR) is 112 cm³/mol. The van der Waals surface area contributed by atoms with Crippen LogP contribution in [-0.2, 0) is 6.42 Å². The van der Waals surface area contributed by atoms with Gasteiger partial charge in [0, 0.05) is 24.2 Å². The van der Waals surface area contributed by atoms with E-state index in [1.807, 2.05) is 54.4 Å². The van der Waals surface area contributed by atoms with Gasteiger partial charge in [-0.05, 0) is 59.5 Å². The molecule has 3 aromatic carbocycles. The first-order chi connectivity index (χ1) is 13.1. The molecule has 0 saturated carbocycles. The van der Waals surface area contributed by atoms with Crippen molar-refractivity contribution in [3.8, 4) is 17.2 Å². The van der Waals surface area contributed by atoms with Gasteiger partial charge in [0.25, 0.3) is 0 Å². The first kappa shape index (κ1) is 18.7. The fraction of sp³-hybridized carbons (Fsp3) is 0.130. The molecule has 0 unspecified atom stereocenters. The molecule has 0 aliphatic carbocycles. The van der Waals surface area contributed by atoms with Gasteiger partial charge in [0.05, 0.1) is 11.6 Å². The largest absolute Gasteiger partial charge is 0.333 e. The molecule has 0 fully saturated rings. The van der Waals surface area contributed by atoms with E-state index in [4.69, 9.17) is 22.3 Å². The van der Waals surface area contributed by atoms with Crippen molar-refractivity contribution in [3.05, 3.63) is 88.9 Å². The molecular weight excluding hydrogens is 354 g/mol. The Bertz CT molecular complexity index is 970. The summed E-state index contributed by atoms with van der Waals surface area (Å²) in [6, 6.07) is 25.6. The summed E-state index contributed by atoms with van der Waals surface area (Å²) in [6.45, 7) is 0. The summed E-state index contributed by atoms with van der Waals surface area (Å²) in [5.74, 6) is 0.558. The quantitative estimate of drug-likeness (QED) is 0.445. The molecule has 134 valence electrons. The molecule has 0 atom stereocenters. The number of benzene rings is 3. The van der Waals surface area contributed by atoms with Crippen molar-refractivity contribution in [1.82, 2.24) is 0 Å². The number of aryl methyl sites for hydroxylation is 1. The molecule has 0 amide bonds. The lowest BCUT2D eigenvalue weighted by atomic mass is 10.0. The minimum Gasteiger partial charge on any atom is -0.333 e. The highest BCUT2D eigenvalue weighted by Gasteiger charge is 2.08. The predicted octanol–water partition coefficient (Wildman–Crippen LogP) is 5.92. The topological polar surface area (TPSA) is 50.9 Å². The molecule has 0 aromatic heterocycles. The molecular formula is C23H20ClN3. The van der Waals surface area contributed by atoms with Gasteiger partial charge < -0.3 is 4.90 Å². The molecule has 0 aliphatic rings. The Morgan fingerprint density at radius 1 is 1.00 bits per heavy atom. The van der Waals surface area contributed by atoms with E-state index in [9.17, 15) is 0 Å². The van der Waals surface area contributed by atoms with Crippen molar-refractivity contribution in [2.24, 2.45) is 0 Å². The molecule has 0 bridgehead atoms. The Kier molecular flexibility index (Phi) is 5.90. The van der Waals surface area contributed by atoms with Gasteiger partial charge in [-0.1, -0.05) is 48.0 Å². The monoisotopic (exact) mass is 373 g/mol. The lowest BCUT2D eigenvalue weighted by Crippen LogP contribution is -2.25. The van der Waals surface area contributed by atoms with E-state index < -0.39 is 0 Å². The zero-order valence-electron chi connectivity index (χ0n) is 15.1. The molecule has 3 nitrogen and oxygen atoms in total. The average molecular weight is 374 g/mol. The summed E-state index contributed by atoms with van der Waals surface area (Å²) >= 11 is 5.92. The Hall–Kier alpha value is -3.09. The van der Waals surface area contributed by atoms with Gasteiger partial charge in [0.15, 0.2) is 0 Å². The lowest BCUT2D eigenvalue weighted by Gasteiger charge is -2.20. The average Bonchev–Trinajstić information content (AvgIpc) is 2.72. The number of anilines is 1. The molecule has 27 heavy (non-hydrogen) atoms. The van der Waals surface area contributed by atoms with E-state index in [1.165, 1.54) is 5.56 Å². The molecule has 0 heterocycles. The van der Waals surface area contributed by atoms with E-state index in [1.54, 1.807) is 6.07 Å². The summed E-state index contributed by atoms with van der Waals surface area (Å²) in [6.07, 6.45) is 1.46. The Morgan fingerprint density at radius 3 is 2.37 bits per heavy atom. The van der Waals surface area contributed by atoms with E-state index >= 15 is 0 Å². The van der Waals surface area contributed by atoms with Crippen LogP contribution < -0.4 is 4.90 Å². The highest BCUT2D eigenvalue weighted by molar-refractivity contribution is 6.30. The van der Waals surface area contributed by atoms with Gasteiger partial charge in [-0.3, -0.25) is 5.41 Å². The van der Waals surface area contributed by atoms with Crippen LogP contribution in [0, 0.1) is 16.7 Å². The van der Waals surface area contributed by atoms with Crippen molar-refractivity contribution in [1.29, 1.82) is 10.7 Å². The summed E-state index contributed by atoms with van der Waals surface area (Å²) in [4.78, 5) is 1.87. The number of rotatable bonds is 5. The molecule has 4 heteroatoms. The second-order valence-corrected chi connectivity index (χ2v) is 6.81. The summed E-state index contributed by atoms with van der Waals surface area (Å²) in [7, 11) is 1.90. The van der Waals surface area contributed by atoms with Crippen LogP contribution in [-0.4, -0.2) is 12.9 Å². The summed E-state index contributed by atoms with van der Waals surface area (Å²) < 4.78 is 0. The Balaban J connectivity index is 1.62. The van der Waals surface area contributed by atoms with Gasteiger partial charge in [0.1, 0.15) is 5.84 Å². The summed E-state index contributed by atoms with van der Waals surface area (Å²) in [5, 5.41) is 18.0. The van der Waals surface area contributed by atoms with Gasteiger partial charge in [-0.2, -0.15) is 5.26 Å². The van der Waals surface area contributed by atoms with Crippen molar-refractivity contribution < 1.29 is 0 Å². The zero-order valence-corrected chi connectivity index (χ0v) is 15.9. The number of hydrogen-bond donors (Lipinski definition) is 1. The Labute approximate surface area is 165 Å². The number of hydrogen-bond acceptors (Lipinski definition) is 2. The first-order valence-corrected chi connectivity index (χ1v) is 9.11. The second kappa shape index (κ2) is 8.53. The molecule has 3 aromatic rings. The van der Waals surface area contributed by atoms with E-state index in [-0.39, 0.29) is 0 Å². The third-order valence-corrected chi connectivity index (χ3v) is 4.80. The minimum absolute atomic E-state index is 0.558. The molecule has 0 saturated heterocycles. The standard InChI is InChI=1S/C23H20ClN3/c1-27(22-12-10-21(24)11-13-22)23(26)14-7-17-5-8-19(9-6-17)20-4-2-3-18(15-20)16-25/h2-6,8-13,15,26H,7,14H2,1H3. The van der Waals surface area contributed by atoms with Gasteiger partial charge in [0.2, 0.25) is 0 Å². The molecule has 1 N–H and O–H groups in total. The van der Waals surface area contributed by atoms with Crippen molar-refractivity contribution in [3.63, 3.8) is 0 Å². The zero-order chi connectivity index (χ0) is 19.2. The van der Waals surface area contributed by atoms with Crippen LogP contribution in [0.3, 0.4) is 0 Å². The van der Waals surface area contributed by atoms with Crippen LogP contribution in [0.4, 0.5) is 5.69 Å². The van der Waals surface area contributed by atoms with Gasteiger partial charge in [-0.15, -0.1) is 0 Å². The smallest absolute Gasteiger partial charge is 0.100 e. The Morgan fingerprint density at radius 2 is 1.70 bits per heavy atom. The van der Waals surface area contributed by atoms with Gasteiger partial charge in [-0.25, -0.2) is 0 Å². The number of nitriles is 1. The second-order valence-electron chi connectivity index (χ2n) is 6.37. The van der Waals surface area contributed by atoms with Crippen molar-refractivity contribution in [2.45, 2.75) is 12.8 Å². The van der Waals surface area contributed by atoms with Crippen LogP contribution >= 0.6 is 11.6 Å². The number of nitrogens with zero attached hydrogens (tertiary/aromatic N) is 2. The van der Waals surface area contributed by atoms with Crippen molar-refractivity contribution in [2.75, 3.05) is 11.9 Å². The van der Waals surface area contributed by atoms with Crippen LogP contribution in [0.15, 0.2) is 72.8 Å². The number of halogens is 1. The fourth-order valence-electron chi connectivity index (χ4n) is 2.88. The van der Waals surface area contributed by atoms with E-state index in [0.29, 0.717) is 22.8 Å². The van der Waals surface area contributed by atoms with Crippen molar-refractivity contribution >= 4 is 23.1 Å². The molecule has 0 spiro atoms. The maximum Gasteiger partial charge on any atom is 0.100 e. The normalized spacial score (nSPS) is 10.3. The number of amidine groups is 1. The van der Waals surface area contributed by atoms with Crippen LogP contribution in [0.2, 0.25) is 5.02 Å². The first-order valence-electron chi connectivity index (χ1n) is 8.73. The van der Waals surface area contributed by atoms with Crippen LogP contribution in [0.25, 0.3) is 11.1 Å². The highest BCUT2D eigenvalue weighted by atomic mass is 35.5. The lowest BCUT2D eigenvalue weighted by molar-refractivity contribution is 0.994. The SMILES string of the molecule is CN(C(=N)CCc1ccc(-c2cccc(C#N)c2)cc1)c1ccc(Cl)cc1. The number of nitrogens with one attached hydrogen (secondary N) is 1. The van der Waals surface area contributed by atoms with E-state index in [2.05, 4.69) is 30.3 Å². The minimum atomic E-state index is 0.558. The molecule has 0 radical (unpaired) electrons. The van der Waals surface area contributed by atoms with E-state index in [0.717, 1.165) is 23.2 Å². The summed E-state index contributed by atoms with van der Waals surface area (Å²) in [5.41, 5.74) is 4.93. The third-order valence-electron chi connectivity index (χ3n) is 4.55. The third kappa shape index (κ3) is 4.75. The van der Waals surface area contributed by atoms with Gasteiger partial charge >= 0.3 is 0 Å². The van der Waals surface area contributed by atoms with Crippen LogP contribution in [0.1, 0.15) is 17.5 Å². The fourth-order valence-corrected chi connectivity index (χ4v) is 3.01. The highest BCUT2D eigenvalue weighted by Crippen LogP contribution is 2.22. The maximum absolute atomic E-state index is 9.04. The maximum atomic E-state index is 9.04. The van der Waals surface area contributed by atoms with Crippen LogP contribution in [0.5, 0.6) is 0 Å².